The molecule has 2 atom stereocenters. The zero-order valence-corrected chi connectivity index (χ0v) is 28.5. The predicted octanol–water partition coefficient (Wildman–Crippen LogP) is 5.36. The Morgan fingerprint density at radius 3 is 1.98 bits per heavy atom. The molecule has 0 unspecified atom stereocenters. The number of alkyl carbamates (subject to hydrolysis) is 1. The van der Waals surface area contributed by atoms with Crippen molar-refractivity contribution < 1.29 is 32.6 Å². The lowest BCUT2D eigenvalue weighted by molar-refractivity contribution is -0.142. The van der Waals surface area contributed by atoms with Crippen LogP contribution in [0.1, 0.15) is 117 Å². The number of carbonyl (C=O) groups is 3. The van der Waals surface area contributed by atoms with E-state index in [0.717, 1.165) is 24.8 Å². The monoisotopic (exact) mass is 653 g/mol. The van der Waals surface area contributed by atoms with E-state index in [-0.39, 0.29) is 17.9 Å². The van der Waals surface area contributed by atoms with Crippen LogP contribution in [-0.2, 0) is 24.3 Å². The number of sulfonamides is 1. The third kappa shape index (κ3) is 19.0. The summed E-state index contributed by atoms with van der Waals surface area (Å²) in [4.78, 5) is 43.8. The van der Waals surface area contributed by atoms with Crippen LogP contribution in [0.15, 0.2) is 34.2 Å². The number of hydrazine groups is 1. The van der Waals surface area contributed by atoms with E-state index in [1.165, 1.54) is 57.0 Å². The third-order valence-electron chi connectivity index (χ3n) is 6.93. The maximum absolute atomic E-state index is 13.1. The van der Waals surface area contributed by atoms with E-state index in [4.69, 9.17) is 4.74 Å². The SMILES string of the molecule is CCCCCCCCCCCC[C@H](NC(=O)[C@H](CCCN=CNNS(=O)(=O)c1ccc(C)cc1)NC(=O)OC(C)(C)C)C(=O)O. The summed E-state index contributed by atoms with van der Waals surface area (Å²) in [6.45, 7) is 9.36. The number of rotatable bonds is 23. The van der Waals surface area contributed by atoms with E-state index < -0.39 is 45.7 Å². The number of benzene rings is 1. The summed E-state index contributed by atoms with van der Waals surface area (Å²) in [7, 11) is -3.77. The molecule has 1 aromatic carbocycles. The second-order valence-corrected chi connectivity index (χ2v) is 14.0. The number of aliphatic carboxylic acids is 1. The van der Waals surface area contributed by atoms with Crippen molar-refractivity contribution in [2.75, 3.05) is 6.54 Å². The smallest absolute Gasteiger partial charge is 0.408 e. The summed E-state index contributed by atoms with van der Waals surface area (Å²) in [6.07, 6.45) is 12.4. The number of carboxylic acid groups (broad SMARTS) is 1. The minimum atomic E-state index is -3.77. The van der Waals surface area contributed by atoms with Crippen LogP contribution < -0.4 is 20.9 Å². The largest absolute Gasteiger partial charge is 0.480 e. The van der Waals surface area contributed by atoms with Gasteiger partial charge in [0.05, 0.1) is 11.2 Å². The van der Waals surface area contributed by atoms with Gasteiger partial charge in [-0.2, -0.15) is 0 Å². The predicted molar refractivity (Wildman–Crippen MR) is 176 cm³/mol. The van der Waals surface area contributed by atoms with E-state index in [1.807, 2.05) is 6.92 Å². The molecule has 0 spiro atoms. The molecule has 0 bridgehead atoms. The van der Waals surface area contributed by atoms with Gasteiger partial charge in [0, 0.05) is 6.54 Å². The standard InChI is InChI=1S/C32H55N5O7S/c1-6-7-8-9-10-11-12-13-14-15-17-28(30(39)40)35-29(38)27(36-31(41)44-32(3,4)5)18-16-23-33-24-34-37-45(42,43)26-21-19-25(2)20-22-26/h19-22,24,27-28,37H,6-18,23H2,1-5H3,(H,33,34)(H,35,38)(H,36,41)(H,39,40)/t27-,28-/m0/s1. The molecule has 0 radical (unpaired) electrons. The molecule has 13 heteroatoms. The van der Waals surface area contributed by atoms with E-state index in [9.17, 15) is 27.9 Å². The number of carbonyl (C=O) groups excluding carboxylic acids is 2. The molecule has 0 saturated heterocycles. The van der Waals surface area contributed by atoms with Gasteiger partial charge in [0.25, 0.3) is 10.0 Å². The number of aryl methyl sites for hydroxylation is 1. The highest BCUT2D eigenvalue weighted by Crippen LogP contribution is 2.13. The summed E-state index contributed by atoms with van der Waals surface area (Å²) in [5.41, 5.74) is 2.58. The van der Waals surface area contributed by atoms with Crippen molar-refractivity contribution in [3.05, 3.63) is 29.8 Å². The lowest BCUT2D eigenvalue weighted by Gasteiger charge is -2.24. The number of amides is 2. The van der Waals surface area contributed by atoms with Gasteiger partial charge in [0.2, 0.25) is 5.91 Å². The van der Waals surface area contributed by atoms with E-state index in [0.29, 0.717) is 19.3 Å². The fraction of sp³-hybridized carbons (Fsp3) is 0.688. The molecule has 2 amide bonds. The Kier molecular flexibility index (Phi) is 19.1. The minimum absolute atomic E-state index is 0.101. The Hall–Kier alpha value is -3.19. The highest BCUT2D eigenvalue weighted by atomic mass is 32.2. The molecule has 0 aromatic heterocycles. The highest BCUT2D eigenvalue weighted by molar-refractivity contribution is 7.89. The highest BCUT2D eigenvalue weighted by Gasteiger charge is 2.28. The van der Waals surface area contributed by atoms with Crippen LogP contribution in [0.25, 0.3) is 0 Å². The zero-order valence-electron chi connectivity index (χ0n) is 27.7. The van der Waals surface area contributed by atoms with Crippen molar-refractivity contribution in [3.63, 3.8) is 0 Å². The van der Waals surface area contributed by atoms with Gasteiger partial charge in [-0.3, -0.25) is 15.2 Å². The normalized spacial score (nSPS) is 13.3. The van der Waals surface area contributed by atoms with Gasteiger partial charge in [-0.25, -0.2) is 18.0 Å². The number of hydrogen-bond acceptors (Lipinski definition) is 7. The van der Waals surface area contributed by atoms with Crippen molar-refractivity contribution in [1.29, 1.82) is 0 Å². The second-order valence-electron chi connectivity index (χ2n) is 12.3. The number of nitrogens with zero attached hydrogens (tertiary/aromatic N) is 1. The van der Waals surface area contributed by atoms with E-state index in [1.54, 1.807) is 32.9 Å². The first-order chi connectivity index (χ1) is 21.2. The van der Waals surface area contributed by atoms with Crippen molar-refractivity contribution in [1.82, 2.24) is 20.9 Å². The Labute approximate surface area is 269 Å². The Bertz CT molecular complexity index is 1150. The number of unbranched alkanes of at least 4 members (excludes halogenated alkanes) is 9. The van der Waals surface area contributed by atoms with Crippen molar-refractivity contribution in [2.24, 2.45) is 4.99 Å². The van der Waals surface area contributed by atoms with Gasteiger partial charge in [0.1, 0.15) is 17.7 Å². The van der Waals surface area contributed by atoms with E-state index in [2.05, 4.69) is 32.8 Å². The van der Waals surface area contributed by atoms with Crippen LogP contribution in [0.5, 0.6) is 0 Å². The summed E-state index contributed by atoms with van der Waals surface area (Å²) in [5.74, 6) is -1.74. The zero-order chi connectivity index (χ0) is 33.7. The summed E-state index contributed by atoms with van der Waals surface area (Å²) in [5, 5.41) is 14.8. The first-order valence-electron chi connectivity index (χ1n) is 16.1. The second kappa shape index (κ2) is 21.5. The fourth-order valence-corrected chi connectivity index (χ4v) is 5.28. The van der Waals surface area contributed by atoms with Crippen molar-refractivity contribution >= 4 is 34.3 Å². The number of hydrogen-bond donors (Lipinski definition) is 5. The number of carboxylic acids is 1. The number of ether oxygens (including phenoxy) is 1. The topological polar surface area (TPSA) is 175 Å². The van der Waals surface area contributed by atoms with Gasteiger partial charge in [-0.05, 0) is 59.1 Å². The lowest BCUT2D eigenvalue weighted by Crippen LogP contribution is -2.52. The molecule has 5 N–H and O–H groups in total. The summed E-state index contributed by atoms with van der Waals surface area (Å²) >= 11 is 0. The maximum Gasteiger partial charge on any atom is 0.408 e. The molecule has 0 saturated carbocycles. The average molecular weight is 654 g/mol. The Morgan fingerprint density at radius 1 is 0.867 bits per heavy atom. The number of nitrogens with one attached hydrogen (secondary N) is 4. The first-order valence-corrected chi connectivity index (χ1v) is 17.6. The first kappa shape index (κ1) is 39.8. The molecule has 12 nitrogen and oxygen atoms in total. The van der Waals surface area contributed by atoms with Gasteiger partial charge in [0.15, 0.2) is 0 Å². The lowest BCUT2D eigenvalue weighted by atomic mass is 10.0. The van der Waals surface area contributed by atoms with Crippen LogP contribution in [0.3, 0.4) is 0 Å². The molecule has 0 aliphatic heterocycles. The molecule has 1 aromatic rings. The van der Waals surface area contributed by atoms with Crippen LogP contribution in [0, 0.1) is 6.92 Å². The maximum atomic E-state index is 13.1. The van der Waals surface area contributed by atoms with Crippen LogP contribution in [-0.4, -0.2) is 62.1 Å². The molecule has 0 aliphatic rings. The third-order valence-corrected chi connectivity index (χ3v) is 8.21. The molecule has 45 heavy (non-hydrogen) atoms. The molecular weight excluding hydrogens is 598 g/mol. The van der Waals surface area contributed by atoms with Crippen molar-refractivity contribution in [3.8, 4) is 0 Å². The van der Waals surface area contributed by atoms with Crippen LogP contribution in [0.2, 0.25) is 0 Å². The molecule has 1 rings (SSSR count). The van der Waals surface area contributed by atoms with Gasteiger partial charge in [-0.15, -0.1) is 4.83 Å². The molecule has 0 aliphatic carbocycles. The van der Waals surface area contributed by atoms with Crippen LogP contribution >= 0.6 is 0 Å². The molecule has 0 heterocycles. The van der Waals surface area contributed by atoms with E-state index >= 15 is 0 Å². The molecule has 0 fully saturated rings. The van der Waals surface area contributed by atoms with Crippen LogP contribution in [0.4, 0.5) is 4.79 Å². The summed E-state index contributed by atoms with van der Waals surface area (Å²) in [6, 6.07) is 4.25. The van der Waals surface area contributed by atoms with Gasteiger partial charge in [-0.1, -0.05) is 88.8 Å². The Balaban J connectivity index is 2.59. The minimum Gasteiger partial charge on any atom is -0.480 e. The fourth-order valence-electron chi connectivity index (χ4n) is 4.46. The summed E-state index contributed by atoms with van der Waals surface area (Å²) < 4.78 is 29.9. The average Bonchev–Trinajstić information content (AvgIpc) is 2.95. The quantitative estimate of drug-likeness (QED) is 0.0454. The van der Waals surface area contributed by atoms with Gasteiger partial charge < -0.3 is 20.5 Å². The molecule has 256 valence electrons. The van der Waals surface area contributed by atoms with Gasteiger partial charge >= 0.3 is 12.1 Å². The van der Waals surface area contributed by atoms with Crippen molar-refractivity contribution in [2.45, 2.75) is 141 Å². The number of aliphatic imine (C=N–C) groups is 1. The Morgan fingerprint density at radius 2 is 1.42 bits per heavy atom. The molecular formula is C32H55N5O7S.